The standard InChI is InChI=1S/C46H87NO11S/c1-3-5-7-9-11-13-14-15-16-17-18-19-20-21-22-23-24-25-26-28-30-32-34-36-42(50)47-39(40(49)35-33-31-29-27-12-10-8-6-4-2)38-56-46-44(52)45(58-59(53,54)55)43(51)41(37-48)57-46/h21-22,33,35,39-41,43-46,48-49,51-52H,3-20,23-32,34,36-38H2,1-2H3,(H,47,50)(H,53,54,55)/b22-21-,35-33+. The molecule has 0 aromatic heterocycles. The van der Waals surface area contributed by atoms with Crippen LogP contribution >= 0.6 is 0 Å². The maximum Gasteiger partial charge on any atom is 0.397 e. The molecule has 6 N–H and O–H groups in total. The molecule has 1 saturated heterocycles. The molecule has 0 bridgehead atoms. The Morgan fingerprint density at radius 2 is 1.08 bits per heavy atom. The predicted octanol–water partition coefficient (Wildman–Crippen LogP) is 9.33. The number of unbranched alkanes of at least 4 members (excludes halogenated alkanes) is 26. The van der Waals surface area contributed by atoms with Gasteiger partial charge in [0.25, 0.3) is 0 Å². The topological polar surface area (TPSA) is 192 Å². The second-order valence-electron chi connectivity index (χ2n) is 16.7. The molecule has 1 rings (SSSR count). The number of amides is 1. The minimum absolute atomic E-state index is 0.264. The highest BCUT2D eigenvalue weighted by Gasteiger charge is 2.48. The zero-order chi connectivity index (χ0) is 43.4. The first-order valence-corrected chi connectivity index (χ1v) is 25.1. The van der Waals surface area contributed by atoms with E-state index in [2.05, 4.69) is 35.5 Å². The van der Waals surface area contributed by atoms with Crippen molar-refractivity contribution in [2.24, 2.45) is 0 Å². The molecule has 12 nitrogen and oxygen atoms in total. The number of aliphatic hydroxyl groups excluding tert-OH is 4. The van der Waals surface area contributed by atoms with Crippen LogP contribution in [0.15, 0.2) is 24.3 Å². The van der Waals surface area contributed by atoms with Gasteiger partial charge in [0.2, 0.25) is 5.91 Å². The number of aliphatic hydroxyl groups is 4. The summed E-state index contributed by atoms with van der Waals surface area (Å²) in [5.74, 6) is -0.269. The minimum atomic E-state index is -5.08. The van der Waals surface area contributed by atoms with Gasteiger partial charge in [0.15, 0.2) is 6.29 Å². The third kappa shape index (κ3) is 30.3. The smallest absolute Gasteiger partial charge is 0.394 e. The molecule has 1 aliphatic rings. The molecule has 0 saturated carbocycles. The Balaban J connectivity index is 2.39. The summed E-state index contributed by atoms with van der Waals surface area (Å²) in [5, 5.41) is 44.5. The number of ether oxygens (including phenoxy) is 2. The molecule has 59 heavy (non-hydrogen) atoms. The first kappa shape index (κ1) is 55.6. The van der Waals surface area contributed by atoms with E-state index in [-0.39, 0.29) is 18.9 Å². The Labute approximate surface area is 359 Å². The Morgan fingerprint density at radius 1 is 0.661 bits per heavy atom. The average Bonchev–Trinajstić information content (AvgIpc) is 3.20. The molecule has 13 heteroatoms. The third-order valence-corrected chi connectivity index (χ3v) is 11.7. The van der Waals surface area contributed by atoms with Gasteiger partial charge in [0.05, 0.1) is 25.4 Å². The summed E-state index contributed by atoms with van der Waals surface area (Å²) >= 11 is 0. The molecule has 1 amide bonds. The van der Waals surface area contributed by atoms with Crippen molar-refractivity contribution in [2.45, 2.75) is 249 Å². The summed E-state index contributed by atoms with van der Waals surface area (Å²) in [6.45, 7) is 3.35. The summed E-state index contributed by atoms with van der Waals surface area (Å²) in [4.78, 5) is 13.0. The number of nitrogens with one attached hydrogen (secondary N) is 1. The van der Waals surface area contributed by atoms with Gasteiger partial charge < -0.3 is 35.2 Å². The van der Waals surface area contributed by atoms with E-state index in [1.165, 1.54) is 128 Å². The van der Waals surface area contributed by atoms with Crippen molar-refractivity contribution in [2.75, 3.05) is 13.2 Å². The zero-order valence-corrected chi connectivity index (χ0v) is 37.9. The molecule has 1 heterocycles. The molecule has 7 atom stereocenters. The van der Waals surface area contributed by atoms with Crippen LogP contribution in [0.1, 0.15) is 206 Å². The van der Waals surface area contributed by atoms with E-state index in [1.807, 2.05) is 6.08 Å². The van der Waals surface area contributed by atoms with Crippen molar-refractivity contribution in [3.8, 4) is 0 Å². The van der Waals surface area contributed by atoms with E-state index in [0.717, 1.165) is 51.4 Å². The molecular formula is C46H87NO11S. The first-order valence-electron chi connectivity index (χ1n) is 23.7. The number of allylic oxidation sites excluding steroid dienone is 3. The normalized spacial score (nSPS) is 21.1. The maximum absolute atomic E-state index is 13.0. The van der Waals surface area contributed by atoms with E-state index in [1.54, 1.807) is 6.08 Å². The molecule has 1 aliphatic heterocycles. The predicted molar refractivity (Wildman–Crippen MR) is 236 cm³/mol. The Bertz CT molecular complexity index is 1150. The van der Waals surface area contributed by atoms with E-state index >= 15 is 0 Å². The molecule has 0 aromatic rings. The molecular weight excluding hydrogens is 775 g/mol. The van der Waals surface area contributed by atoms with Crippen LogP contribution in [0.2, 0.25) is 0 Å². The van der Waals surface area contributed by atoms with Gasteiger partial charge >= 0.3 is 10.4 Å². The van der Waals surface area contributed by atoms with Gasteiger partial charge in [-0.05, 0) is 44.9 Å². The summed E-state index contributed by atoms with van der Waals surface area (Å²) in [7, 11) is -5.08. The third-order valence-electron chi connectivity index (χ3n) is 11.2. The van der Waals surface area contributed by atoms with Gasteiger partial charge in [-0.2, -0.15) is 8.42 Å². The minimum Gasteiger partial charge on any atom is -0.394 e. The highest BCUT2D eigenvalue weighted by molar-refractivity contribution is 7.80. The van der Waals surface area contributed by atoms with E-state index in [4.69, 9.17) is 14.0 Å². The molecule has 0 aromatic carbocycles. The molecule has 0 radical (unpaired) electrons. The van der Waals surface area contributed by atoms with Crippen molar-refractivity contribution >= 4 is 16.3 Å². The van der Waals surface area contributed by atoms with Crippen molar-refractivity contribution in [3.05, 3.63) is 24.3 Å². The Morgan fingerprint density at radius 3 is 1.53 bits per heavy atom. The highest BCUT2D eigenvalue weighted by Crippen LogP contribution is 2.26. The van der Waals surface area contributed by atoms with E-state index in [9.17, 15) is 33.6 Å². The van der Waals surface area contributed by atoms with Crippen molar-refractivity contribution in [1.29, 1.82) is 0 Å². The van der Waals surface area contributed by atoms with E-state index < -0.39 is 59.9 Å². The fourth-order valence-electron chi connectivity index (χ4n) is 7.51. The number of carbonyl (C=O) groups excluding carboxylic acids is 1. The van der Waals surface area contributed by atoms with Crippen LogP contribution in [-0.4, -0.2) is 95.4 Å². The number of rotatable bonds is 40. The molecule has 1 fully saturated rings. The highest BCUT2D eigenvalue weighted by atomic mass is 32.3. The van der Waals surface area contributed by atoms with Crippen LogP contribution in [0, 0.1) is 0 Å². The van der Waals surface area contributed by atoms with Crippen LogP contribution in [0.25, 0.3) is 0 Å². The molecule has 7 unspecified atom stereocenters. The quantitative estimate of drug-likeness (QED) is 0.0195. The molecule has 348 valence electrons. The molecule has 0 aliphatic carbocycles. The average molecular weight is 862 g/mol. The Kier molecular flexibility index (Phi) is 35.0. The Hall–Kier alpha value is -1.42. The summed E-state index contributed by atoms with van der Waals surface area (Å²) in [5.41, 5.74) is 0. The largest absolute Gasteiger partial charge is 0.397 e. The lowest BCUT2D eigenvalue weighted by Gasteiger charge is -2.41. The lowest BCUT2D eigenvalue weighted by Crippen LogP contribution is -2.61. The molecule has 0 spiro atoms. The van der Waals surface area contributed by atoms with Gasteiger partial charge in [-0.1, -0.05) is 179 Å². The number of carbonyl (C=O) groups is 1. The SMILES string of the molecule is CCCCCCCCC/C=C/C(O)C(COC1OC(CO)C(O)C(OS(=O)(=O)O)C1O)NC(=O)CCCCCCCCC/C=C\CCCCCCCCCCCCCC. The second-order valence-corrected chi connectivity index (χ2v) is 17.7. The van der Waals surface area contributed by atoms with Gasteiger partial charge in [0, 0.05) is 6.42 Å². The maximum atomic E-state index is 13.0. The summed E-state index contributed by atoms with van der Waals surface area (Å²) < 4.78 is 47.5. The lowest BCUT2D eigenvalue weighted by atomic mass is 9.99. The van der Waals surface area contributed by atoms with Crippen molar-refractivity contribution in [3.63, 3.8) is 0 Å². The number of hydrogen-bond acceptors (Lipinski definition) is 10. The van der Waals surface area contributed by atoms with Crippen molar-refractivity contribution < 1.29 is 51.8 Å². The van der Waals surface area contributed by atoms with Gasteiger partial charge in [0.1, 0.15) is 24.4 Å². The summed E-state index contributed by atoms with van der Waals surface area (Å²) in [6.07, 6.45) is 33.9. The van der Waals surface area contributed by atoms with Crippen LogP contribution in [0.5, 0.6) is 0 Å². The van der Waals surface area contributed by atoms with Gasteiger partial charge in [-0.15, -0.1) is 0 Å². The van der Waals surface area contributed by atoms with Crippen LogP contribution in [-0.2, 0) is 28.9 Å². The zero-order valence-electron chi connectivity index (χ0n) is 37.1. The van der Waals surface area contributed by atoms with Crippen LogP contribution in [0.3, 0.4) is 0 Å². The van der Waals surface area contributed by atoms with Crippen molar-refractivity contribution in [1.82, 2.24) is 5.32 Å². The lowest BCUT2D eigenvalue weighted by molar-refractivity contribution is -0.298. The van der Waals surface area contributed by atoms with Gasteiger partial charge in [-0.25, -0.2) is 4.18 Å². The van der Waals surface area contributed by atoms with E-state index in [0.29, 0.717) is 6.42 Å². The monoisotopic (exact) mass is 862 g/mol. The van der Waals surface area contributed by atoms with Gasteiger partial charge in [-0.3, -0.25) is 9.35 Å². The number of hydrogen-bond donors (Lipinski definition) is 6. The first-order chi connectivity index (χ1) is 28.5. The fraction of sp³-hybridized carbons (Fsp3) is 0.891. The summed E-state index contributed by atoms with van der Waals surface area (Å²) in [6, 6.07) is -0.942. The second kappa shape index (κ2) is 37.2. The van der Waals surface area contributed by atoms with Crippen LogP contribution < -0.4 is 5.32 Å². The fourth-order valence-corrected chi connectivity index (χ4v) is 8.02. The van der Waals surface area contributed by atoms with Crippen LogP contribution in [0.4, 0.5) is 0 Å².